The number of nitrogens with two attached hydrogens (primary N) is 1. The van der Waals surface area contributed by atoms with Crippen molar-refractivity contribution in [3.05, 3.63) is 36.4 Å². The third-order valence-electron chi connectivity index (χ3n) is 1.60. The van der Waals surface area contributed by atoms with Gasteiger partial charge in [-0.3, -0.25) is 4.79 Å². The minimum atomic E-state index is -0.210. The van der Waals surface area contributed by atoms with E-state index >= 15 is 0 Å². The predicted molar refractivity (Wildman–Crippen MR) is 70.3 cm³/mol. The summed E-state index contributed by atoms with van der Waals surface area (Å²) in [7, 11) is 0. The van der Waals surface area contributed by atoms with Crippen LogP contribution in [0.3, 0.4) is 0 Å². The molecular weight excluding hydrogens is 200 g/mol. The van der Waals surface area contributed by atoms with Crippen LogP contribution in [0.25, 0.3) is 0 Å². The molecule has 0 fully saturated rings. The van der Waals surface area contributed by atoms with Gasteiger partial charge >= 0.3 is 0 Å². The van der Waals surface area contributed by atoms with E-state index in [-0.39, 0.29) is 5.91 Å². The molecule has 0 aliphatic carbocycles. The van der Waals surface area contributed by atoms with Crippen molar-refractivity contribution in [1.82, 2.24) is 0 Å². The first-order valence-electron chi connectivity index (χ1n) is 5.34. The fourth-order valence-electron chi connectivity index (χ4n) is 0.840. The SMILES string of the molecule is C=C(C)C(=O)Nc1ccccc1N.CCC. The van der Waals surface area contributed by atoms with Crippen molar-refractivity contribution in [2.45, 2.75) is 27.2 Å². The summed E-state index contributed by atoms with van der Waals surface area (Å²) < 4.78 is 0. The third-order valence-corrected chi connectivity index (χ3v) is 1.60. The molecule has 0 atom stereocenters. The first-order valence-corrected chi connectivity index (χ1v) is 5.34. The number of benzene rings is 1. The van der Waals surface area contributed by atoms with Crippen LogP contribution < -0.4 is 11.1 Å². The standard InChI is InChI=1S/C10H12N2O.C3H8/c1-7(2)10(13)12-9-6-4-3-5-8(9)11;1-3-2/h3-6H,1,11H2,2H3,(H,12,13);3H2,1-2H3. The molecule has 0 bridgehead atoms. The number of anilines is 2. The van der Waals surface area contributed by atoms with Gasteiger partial charge in [-0.1, -0.05) is 39.0 Å². The predicted octanol–water partition coefficient (Wildman–Crippen LogP) is 3.20. The highest BCUT2D eigenvalue weighted by Crippen LogP contribution is 2.16. The van der Waals surface area contributed by atoms with Gasteiger partial charge in [0, 0.05) is 5.57 Å². The van der Waals surface area contributed by atoms with Gasteiger partial charge in [0.15, 0.2) is 0 Å². The average Bonchev–Trinajstić information content (AvgIpc) is 2.22. The van der Waals surface area contributed by atoms with Crippen LogP contribution in [0.15, 0.2) is 36.4 Å². The number of carbonyl (C=O) groups is 1. The number of hydrogen-bond donors (Lipinski definition) is 2. The van der Waals surface area contributed by atoms with Gasteiger partial charge < -0.3 is 11.1 Å². The lowest BCUT2D eigenvalue weighted by molar-refractivity contribution is -0.112. The van der Waals surface area contributed by atoms with Crippen LogP contribution in [0.2, 0.25) is 0 Å². The van der Waals surface area contributed by atoms with Gasteiger partial charge in [-0.05, 0) is 19.1 Å². The molecule has 1 amide bonds. The maximum Gasteiger partial charge on any atom is 0.250 e. The van der Waals surface area contributed by atoms with Gasteiger partial charge in [0.1, 0.15) is 0 Å². The van der Waals surface area contributed by atoms with Crippen molar-refractivity contribution < 1.29 is 4.79 Å². The Labute approximate surface area is 97.4 Å². The van der Waals surface area contributed by atoms with Crippen LogP contribution in [-0.4, -0.2) is 5.91 Å². The van der Waals surface area contributed by atoms with E-state index in [1.807, 2.05) is 12.1 Å². The summed E-state index contributed by atoms with van der Waals surface area (Å²) in [6.45, 7) is 9.43. The minimum Gasteiger partial charge on any atom is -0.397 e. The highest BCUT2D eigenvalue weighted by atomic mass is 16.1. The van der Waals surface area contributed by atoms with E-state index in [4.69, 9.17) is 5.73 Å². The van der Waals surface area contributed by atoms with Gasteiger partial charge in [0.25, 0.3) is 5.91 Å². The Morgan fingerprint density at radius 1 is 1.38 bits per heavy atom. The van der Waals surface area contributed by atoms with Crippen LogP contribution in [0, 0.1) is 0 Å². The van der Waals surface area contributed by atoms with Gasteiger partial charge in [-0.15, -0.1) is 0 Å². The van der Waals surface area contributed by atoms with E-state index < -0.39 is 0 Å². The zero-order valence-corrected chi connectivity index (χ0v) is 10.2. The fourth-order valence-corrected chi connectivity index (χ4v) is 0.840. The number of para-hydroxylation sites is 2. The lowest BCUT2D eigenvalue weighted by Crippen LogP contribution is -2.12. The molecule has 0 heterocycles. The molecule has 0 aliphatic rings. The van der Waals surface area contributed by atoms with Crippen LogP contribution in [0.4, 0.5) is 11.4 Å². The molecule has 0 aromatic heterocycles. The van der Waals surface area contributed by atoms with E-state index in [0.717, 1.165) is 0 Å². The molecule has 3 heteroatoms. The third kappa shape index (κ3) is 5.20. The Balaban J connectivity index is 0.000000673. The second-order valence-electron chi connectivity index (χ2n) is 3.53. The molecule has 0 saturated carbocycles. The van der Waals surface area contributed by atoms with E-state index in [0.29, 0.717) is 16.9 Å². The number of amides is 1. The topological polar surface area (TPSA) is 55.1 Å². The van der Waals surface area contributed by atoms with Crippen LogP contribution in [-0.2, 0) is 4.79 Å². The molecule has 88 valence electrons. The monoisotopic (exact) mass is 220 g/mol. The smallest absolute Gasteiger partial charge is 0.250 e. The maximum absolute atomic E-state index is 11.2. The first-order chi connectivity index (χ1) is 7.52. The number of rotatable bonds is 2. The molecule has 1 aromatic rings. The first kappa shape index (κ1) is 14.2. The largest absolute Gasteiger partial charge is 0.397 e. The highest BCUT2D eigenvalue weighted by Gasteiger charge is 2.03. The van der Waals surface area contributed by atoms with Gasteiger partial charge in [-0.25, -0.2) is 0 Å². The Morgan fingerprint density at radius 3 is 2.31 bits per heavy atom. The van der Waals surface area contributed by atoms with Crippen molar-refractivity contribution in [2.75, 3.05) is 11.1 Å². The molecule has 0 unspecified atom stereocenters. The Hall–Kier alpha value is -1.77. The lowest BCUT2D eigenvalue weighted by Gasteiger charge is -2.06. The summed E-state index contributed by atoms with van der Waals surface area (Å²) in [6.07, 6.45) is 1.25. The van der Waals surface area contributed by atoms with Crippen molar-refractivity contribution in [1.29, 1.82) is 0 Å². The summed E-state index contributed by atoms with van der Waals surface area (Å²) in [5.41, 5.74) is 7.26. The van der Waals surface area contributed by atoms with Crippen LogP contribution >= 0.6 is 0 Å². The highest BCUT2D eigenvalue weighted by molar-refractivity contribution is 6.04. The zero-order chi connectivity index (χ0) is 12.6. The minimum absolute atomic E-state index is 0.210. The molecule has 16 heavy (non-hydrogen) atoms. The quantitative estimate of drug-likeness (QED) is 0.594. The summed E-state index contributed by atoms with van der Waals surface area (Å²) >= 11 is 0. The van der Waals surface area contributed by atoms with Crippen molar-refractivity contribution in [2.24, 2.45) is 0 Å². The molecule has 1 aromatic carbocycles. The zero-order valence-electron chi connectivity index (χ0n) is 10.2. The summed E-state index contributed by atoms with van der Waals surface area (Å²) in [6, 6.07) is 7.10. The van der Waals surface area contributed by atoms with Crippen molar-refractivity contribution in [3.8, 4) is 0 Å². The number of nitrogen functional groups attached to an aromatic ring is 1. The summed E-state index contributed by atoms with van der Waals surface area (Å²) in [4.78, 5) is 11.2. The second-order valence-corrected chi connectivity index (χ2v) is 3.53. The van der Waals surface area contributed by atoms with E-state index in [1.54, 1.807) is 19.1 Å². The molecule has 3 nitrogen and oxygen atoms in total. The van der Waals surface area contributed by atoms with Crippen LogP contribution in [0.5, 0.6) is 0 Å². The number of nitrogens with one attached hydrogen (secondary N) is 1. The van der Waals surface area contributed by atoms with Crippen molar-refractivity contribution >= 4 is 17.3 Å². The maximum atomic E-state index is 11.2. The molecule has 0 radical (unpaired) electrons. The molecule has 0 spiro atoms. The normalized spacial score (nSPS) is 8.69. The Morgan fingerprint density at radius 2 is 1.88 bits per heavy atom. The van der Waals surface area contributed by atoms with E-state index in [1.165, 1.54) is 6.42 Å². The average molecular weight is 220 g/mol. The summed E-state index contributed by atoms with van der Waals surface area (Å²) in [5.74, 6) is -0.210. The van der Waals surface area contributed by atoms with Gasteiger partial charge in [-0.2, -0.15) is 0 Å². The summed E-state index contributed by atoms with van der Waals surface area (Å²) in [5, 5.41) is 2.65. The second kappa shape index (κ2) is 7.51. The lowest BCUT2D eigenvalue weighted by atomic mass is 10.2. The Bertz CT molecular complexity index is 359. The molecular formula is C13H20N2O. The number of hydrogen-bond acceptors (Lipinski definition) is 2. The van der Waals surface area contributed by atoms with Gasteiger partial charge in [0.05, 0.1) is 11.4 Å². The molecule has 0 aliphatic heterocycles. The molecule has 3 N–H and O–H groups in total. The van der Waals surface area contributed by atoms with E-state index in [2.05, 4.69) is 25.7 Å². The fraction of sp³-hybridized carbons (Fsp3) is 0.308. The number of carbonyl (C=O) groups excluding carboxylic acids is 1. The Kier molecular flexibility index (Phi) is 6.68. The van der Waals surface area contributed by atoms with Crippen molar-refractivity contribution in [3.63, 3.8) is 0 Å². The van der Waals surface area contributed by atoms with Crippen LogP contribution in [0.1, 0.15) is 27.2 Å². The molecule has 1 rings (SSSR count). The molecule has 0 saturated heterocycles. The van der Waals surface area contributed by atoms with E-state index in [9.17, 15) is 4.79 Å². The van der Waals surface area contributed by atoms with Gasteiger partial charge in [0.2, 0.25) is 0 Å².